The summed E-state index contributed by atoms with van der Waals surface area (Å²) in [7, 11) is 3.34. The second-order valence-electron chi connectivity index (χ2n) is 14.8. The topological polar surface area (TPSA) is 83.0 Å². The zero-order valence-corrected chi connectivity index (χ0v) is 32.6. The molecule has 1 fully saturated rings. The fraction of sp³-hybridized carbons (Fsp3) is 0.216. The molecule has 0 heterocycles. The largest absolute Gasteiger partial charge is 0.507 e. The number of methoxy groups -OCH3 is 2. The number of aliphatic hydroxyl groups is 1. The molecule has 0 aliphatic heterocycles. The smallest absolute Gasteiger partial charge is 0.128 e. The molecule has 0 spiro atoms. The monoisotopic (exact) mass is 752 g/mol. The van der Waals surface area contributed by atoms with Crippen molar-refractivity contribution < 1.29 is 19.7 Å². The van der Waals surface area contributed by atoms with Gasteiger partial charge in [-0.1, -0.05) is 116 Å². The van der Waals surface area contributed by atoms with Gasteiger partial charge in [0.15, 0.2) is 0 Å². The van der Waals surface area contributed by atoms with E-state index in [4.69, 9.17) is 9.47 Å². The average Bonchev–Trinajstić information content (AvgIpc) is 3.26. The van der Waals surface area contributed by atoms with Gasteiger partial charge in [0.25, 0.3) is 0 Å². The fourth-order valence-corrected chi connectivity index (χ4v) is 8.64. The molecule has 1 saturated carbocycles. The summed E-state index contributed by atoms with van der Waals surface area (Å²) < 4.78 is 11.7. The number of fused-ring (bicyclic) bond motifs is 3. The normalized spacial score (nSPS) is 16.4. The summed E-state index contributed by atoms with van der Waals surface area (Å²) in [4.78, 5) is 0. The van der Waals surface area contributed by atoms with Crippen molar-refractivity contribution in [3.05, 3.63) is 161 Å². The van der Waals surface area contributed by atoms with Crippen LogP contribution in [0.2, 0.25) is 0 Å². The lowest BCUT2D eigenvalue weighted by Crippen LogP contribution is -2.50. The second-order valence-corrected chi connectivity index (χ2v) is 14.8. The van der Waals surface area contributed by atoms with Gasteiger partial charge in [-0.3, -0.25) is 0 Å². The minimum absolute atomic E-state index is 0.143. The Balaban J connectivity index is 1.06. The Morgan fingerprint density at radius 2 is 1.46 bits per heavy atom. The lowest BCUT2D eigenvalue weighted by Gasteiger charge is -2.33. The average molecular weight is 753 g/mol. The van der Waals surface area contributed by atoms with E-state index in [0.29, 0.717) is 18.8 Å². The molecule has 6 heteroatoms. The Morgan fingerprint density at radius 1 is 0.772 bits per heavy atom. The van der Waals surface area contributed by atoms with Crippen LogP contribution >= 0.6 is 0 Å². The highest BCUT2D eigenvalue weighted by molar-refractivity contribution is 6.09. The van der Waals surface area contributed by atoms with Gasteiger partial charge in [0.1, 0.15) is 17.2 Å². The molecular formula is C51H48N2O4. The molecule has 286 valence electrons. The molecule has 1 aliphatic carbocycles. The van der Waals surface area contributed by atoms with Crippen LogP contribution in [0, 0.1) is 12.1 Å². The molecule has 1 unspecified atom stereocenters. The van der Waals surface area contributed by atoms with Crippen LogP contribution in [0.3, 0.4) is 0 Å². The van der Waals surface area contributed by atoms with Gasteiger partial charge in [0.2, 0.25) is 0 Å². The summed E-state index contributed by atoms with van der Waals surface area (Å²) in [5, 5.41) is 38.5. The SMILES string of the molecule is C=C(/C=c1/cccc/c1=C(/CO)c1c(OC)ccc2ccccc12)CN[C@@H]1CCCCC1NCc1cc2ccccc2c(-c2c(OC)ccc3ccc#cc23)c1O. The van der Waals surface area contributed by atoms with Gasteiger partial charge < -0.3 is 30.3 Å². The third-order valence-corrected chi connectivity index (χ3v) is 11.4. The Morgan fingerprint density at radius 3 is 2.25 bits per heavy atom. The molecule has 0 bridgehead atoms. The van der Waals surface area contributed by atoms with Gasteiger partial charge in [-0.2, -0.15) is 0 Å². The van der Waals surface area contributed by atoms with Gasteiger partial charge in [-0.05, 0) is 97.8 Å². The second kappa shape index (κ2) is 17.0. The van der Waals surface area contributed by atoms with Crippen LogP contribution in [-0.2, 0) is 6.54 Å². The van der Waals surface area contributed by atoms with Gasteiger partial charge in [0, 0.05) is 52.8 Å². The molecule has 0 radical (unpaired) electrons. The van der Waals surface area contributed by atoms with Crippen molar-refractivity contribution in [2.24, 2.45) is 0 Å². The molecule has 0 amide bonds. The molecule has 4 N–H and O–H groups in total. The van der Waals surface area contributed by atoms with E-state index in [-0.39, 0.29) is 24.4 Å². The van der Waals surface area contributed by atoms with E-state index in [1.54, 1.807) is 14.2 Å². The molecule has 0 saturated heterocycles. The first-order chi connectivity index (χ1) is 28.0. The first-order valence-electron chi connectivity index (χ1n) is 19.7. The Labute approximate surface area is 334 Å². The molecule has 7 aromatic carbocycles. The van der Waals surface area contributed by atoms with Gasteiger partial charge in [-0.25, -0.2) is 0 Å². The summed E-state index contributed by atoms with van der Waals surface area (Å²) in [6, 6.07) is 45.3. The summed E-state index contributed by atoms with van der Waals surface area (Å²) in [6.07, 6.45) is 6.48. The van der Waals surface area contributed by atoms with Crippen LogP contribution < -0.4 is 30.5 Å². The fourth-order valence-electron chi connectivity index (χ4n) is 8.64. The highest BCUT2D eigenvalue weighted by Gasteiger charge is 2.26. The van der Waals surface area contributed by atoms with Crippen LogP contribution in [0.25, 0.3) is 55.1 Å². The number of hydrogen-bond acceptors (Lipinski definition) is 6. The number of rotatable bonds is 12. The van der Waals surface area contributed by atoms with Gasteiger partial charge >= 0.3 is 0 Å². The number of aliphatic hydroxyl groups excluding tert-OH is 1. The lowest BCUT2D eigenvalue weighted by molar-refractivity contribution is 0.287. The van der Waals surface area contributed by atoms with E-state index in [9.17, 15) is 10.2 Å². The number of hydrogen-bond donors (Lipinski definition) is 4. The zero-order chi connectivity index (χ0) is 39.3. The molecule has 8 rings (SSSR count). The zero-order valence-electron chi connectivity index (χ0n) is 32.6. The van der Waals surface area contributed by atoms with Crippen molar-refractivity contribution in [1.82, 2.24) is 10.6 Å². The third-order valence-electron chi connectivity index (χ3n) is 11.4. The summed E-state index contributed by atoms with van der Waals surface area (Å²) in [5.41, 5.74) is 5.05. The minimum Gasteiger partial charge on any atom is -0.507 e. The van der Waals surface area contributed by atoms with E-state index in [1.807, 2.05) is 66.7 Å². The van der Waals surface area contributed by atoms with Crippen LogP contribution in [0.4, 0.5) is 0 Å². The van der Waals surface area contributed by atoms with Crippen LogP contribution in [0.1, 0.15) is 36.8 Å². The number of aromatic hydroxyl groups is 1. The first kappa shape index (κ1) is 37.8. The molecule has 57 heavy (non-hydrogen) atoms. The van der Waals surface area contributed by atoms with Crippen molar-refractivity contribution in [2.75, 3.05) is 27.4 Å². The summed E-state index contributed by atoms with van der Waals surface area (Å²) in [5.74, 6) is 1.65. The van der Waals surface area contributed by atoms with E-state index < -0.39 is 0 Å². The molecular weight excluding hydrogens is 705 g/mol. The summed E-state index contributed by atoms with van der Waals surface area (Å²) in [6.45, 7) is 5.45. The molecule has 0 aromatic heterocycles. The number of phenolic OH excluding ortho intramolecular Hbond substituents is 1. The van der Waals surface area contributed by atoms with Crippen LogP contribution in [-0.4, -0.2) is 49.7 Å². The van der Waals surface area contributed by atoms with Crippen molar-refractivity contribution in [3.63, 3.8) is 0 Å². The van der Waals surface area contributed by atoms with Crippen molar-refractivity contribution >= 4 is 44.0 Å². The molecule has 7 aromatic rings. The minimum atomic E-state index is -0.143. The molecule has 6 nitrogen and oxygen atoms in total. The first-order valence-corrected chi connectivity index (χ1v) is 19.7. The number of ether oxygens (including phenoxy) is 2. The highest BCUT2D eigenvalue weighted by Crippen LogP contribution is 2.46. The van der Waals surface area contributed by atoms with Crippen molar-refractivity contribution in [2.45, 2.75) is 44.3 Å². The van der Waals surface area contributed by atoms with Gasteiger partial charge in [-0.15, -0.1) is 0 Å². The van der Waals surface area contributed by atoms with E-state index in [0.717, 1.165) is 108 Å². The van der Waals surface area contributed by atoms with Gasteiger partial charge in [0.05, 0.1) is 20.8 Å². The highest BCUT2D eigenvalue weighted by atomic mass is 16.5. The maximum atomic E-state index is 12.1. The van der Waals surface area contributed by atoms with Crippen LogP contribution in [0.5, 0.6) is 17.2 Å². The predicted molar refractivity (Wildman–Crippen MR) is 233 cm³/mol. The number of phenols is 1. The van der Waals surface area contributed by atoms with Crippen LogP contribution in [0.15, 0.2) is 127 Å². The summed E-state index contributed by atoms with van der Waals surface area (Å²) >= 11 is 0. The third kappa shape index (κ3) is 7.58. The standard InChI is InChI=1S/C51H48N2O4/c1-33(28-36-16-6-8-18-39(36)43(32-54)48-40-19-9-4-14-34(40)24-26-46(48)56-2)30-52-44-22-12-13-23-45(44)53-31-38-29-37-17-7-11-21-42(37)50(51(38)55)49-41-20-10-5-15-35(41)25-27-47(49)57-3/h4-9,11,14-19,21,24-29,44-45,52-55H,1,12-13,22-23,30-32H2,2-3H3/b36-28-,43-39+/t44-,45?/m1/s1. The molecule has 2 atom stereocenters. The lowest BCUT2D eigenvalue weighted by atomic mass is 9.89. The van der Waals surface area contributed by atoms with Crippen molar-refractivity contribution in [3.8, 4) is 28.4 Å². The Bertz CT molecular complexity index is 2720. The number of benzene rings is 6. The van der Waals surface area contributed by atoms with E-state index >= 15 is 0 Å². The Kier molecular flexibility index (Phi) is 11.2. The number of nitrogens with one attached hydrogen (secondary N) is 2. The predicted octanol–water partition coefficient (Wildman–Crippen LogP) is 8.35. The van der Waals surface area contributed by atoms with E-state index in [2.05, 4.69) is 84.0 Å². The maximum Gasteiger partial charge on any atom is 0.128 e. The molecule has 1 aliphatic rings. The maximum absolute atomic E-state index is 12.1. The quantitative estimate of drug-likeness (QED) is 0.101. The van der Waals surface area contributed by atoms with Crippen molar-refractivity contribution in [1.29, 1.82) is 0 Å². The van der Waals surface area contributed by atoms with E-state index in [1.165, 1.54) is 0 Å². The Hall–Kier alpha value is -6.10.